The van der Waals surface area contributed by atoms with Crippen molar-refractivity contribution in [2.45, 2.75) is 55.3 Å². The third-order valence-corrected chi connectivity index (χ3v) is 9.48. The topological polar surface area (TPSA) is 348 Å². The number of aliphatic imine (C=N–C) groups is 1. The van der Waals surface area contributed by atoms with Gasteiger partial charge in [0.15, 0.2) is 35.8 Å². The maximum absolute atomic E-state index is 13.1. The van der Waals surface area contributed by atoms with E-state index in [-0.39, 0.29) is 34.6 Å². The molecular formula is C20H26N10O14P2. The standard InChI is InChI=1S/C20H26N10O14P2/c21-19-25-13-7(15(33)27-19)23-3-29(13)17-9(31)11-5(41-17)1-39-45(35,36)44-12-6(2-40-46(37,38)43-11)42-18(10(12)32)30-4-24-8-14(30)26-20(22)28-16(8)34/h3-6,9-12,15,17-18,31-33H,1-2H2,(H,35,36)(H,37,38)(H3,21,25,27)(H3,22,26,28,34)/t5-,6+,9-,10?,11?,12-,15?,17+,18+/m0/s1. The van der Waals surface area contributed by atoms with E-state index in [0.29, 0.717) is 0 Å². The van der Waals surface area contributed by atoms with Crippen LogP contribution in [-0.2, 0) is 36.7 Å². The van der Waals surface area contributed by atoms with Crippen LogP contribution in [0, 0.1) is 0 Å². The maximum atomic E-state index is 13.1. The predicted octanol–water partition coefficient (Wildman–Crippen LogP) is -3.14. The summed E-state index contributed by atoms with van der Waals surface area (Å²) in [6.45, 7) is -1.71. The molecule has 0 aliphatic carbocycles. The Morgan fingerprint density at radius 3 is 2.07 bits per heavy atom. The molecule has 0 bridgehead atoms. The Bertz CT molecular complexity index is 1870. The number of nitrogen functional groups attached to an aromatic ring is 1. The quantitative estimate of drug-likeness (QED) is 0.120. The average Bonchev–Trinajstić information content (AvgIpc) is 3.72. The Labute approximate surface area is 254 Å². The van der Waals surface area contributed by atoms with Gasteiger partial charge in [0, 0.05) is 0 Å². The van der Waals surface area contributed by atoms with Crippen LogP contribution >= 0.6 is 15.6 Å². The highest BCUT2D eigenvalue weighted by Gasteiger charge is 2.54. The van der Waals surface area contributed by atoms with Gasteiger partial charge in [0.2, 0.25) is 5.95 Å². The summed E-state index contributed by atoms with van der Waals surface area (Å²) >= 11 is 0. The van der Waals surface area contributed by atoms with Crippen LogP contribution in [0.3, 0.4) is 0 Å². The number of nitrogens with zero attached hydrogens (tertiary/aromatic N) is 6. The van der Waals surface area contributed by atoms with Gasteiger partial charge in [-0.2, -0.15) is 4.98 Å². The monoisotopic (exact) mass is 692 g/mol. The number of rotatable bonds is 2. The number of hydrogen-bond donors (Lipinski definition) is 9. The number of anilines is 2. The second-order valence-corrected chi connectivity index (χ2v) is 13.3. The zero-order valence-corrected chi connectivity index (χ0v) is 24.7. The molecule has 0 aromatic carbocycles. The number of aromatic nitrogens is 6. The molecule has 3 aromatic rings. The SMILES string of the molecule is NC1=NC(O)c2ncn([C@@H]3O[C@H]4COP(=O)(O)O[C@@H]5C(O)[C@H](n6cnc7c(=O)[nH]c(N)nc76)O[C@@H]5COP(=O)(O)OC4[C@@H]3O)c2N1. The van der Waals surface area contributed by atoms with Crippen molar-refractivity contribution in [3.05, 3.63) is 28.7 Å². The molecule has 0 amide bonds. The molecule has 11 atom stereocenters. The molecule has 26 heteroatoms. The summed E-state index contributed by atoms with van der Waals surface area (Å²) in [7, 11) is -10.2. The van der Waals surface area contributed by atoms with E-state index in [4.69, 9.17) is 39.0 Å². The maximum Gasteiger partial charge on any atom is 0.472 e. The van der Waals surface area contributed by atoms with Gasteiger partial charge >= 0.3 is 15.6 Å². The van der Waals surface area contributed by atoms with Gasteiger partial charge in [-0.05, 0) is 0 Å². The first-order valence-electron chi connectivity index (χ1n) is 13.3. The summed E-state index contributed by atoms with van der Waals surface area (Å²) in [6, 6.07) is 0. The van der Waals surface area contributed by atoms with Gasteiger partial charge in [0.1, 0.15) is 48.1 Å². The molecule has 4 aliphatic heterocycles. The largest absolute Gasteiger partial charge is 0.472 e. The molecule has 3 aromatic heterocycles. The Balaban J connectivity index is 1.16. The van der Waals surface area contributed by atoms with Crippen molar-refractivity contribution in [1.82, 2.24) is 29.1 Å². The van der Waals surface area contributed by atoms with Gasteiger partial charge in [-0.1, -0.05) is 0 Å². The fourth-order valence-corrected chi connectivity index (χ4v) is 7.42. The number of aliphatic hydroxyl groups excluding tert-OH is 3. The number of phosphoric acid groups is 2. The molecule has 11 N–H and O–H groups in total. The summed E-state index contributed by atoms with van der Waals surface area (Å²) in [5.74, 6) is -0.385. The molecule has 24 nitrogen and oxygen atoms in total. The lowest BCUT2D eigenvalue weighted by Crippen LogP contribution is -2.39. The number of imidazole rings is 2. The van der Waals surface area contributed by atoms with E-state index < -0.39 is 89.7 Å². The number of aromatic amines is 1. The second-order valence-electron chi connectivity index (χ2n) is 10.5. The minimum Gasteiger partial charge on any atom is -0.386 e. The third-order valence-electron chi connectivity index (χ3n) is 7.51. The Morgan fingerprint density at radius 2 is 1.46 bits per heavy atom. The fourth-order valence-electron chi connectivity index (χ4n) is 5.49. The molecule has 250 valence electrons. The van der Waals surface area contributed by atoms with E-state index in [0.717, 1.165) is 17.2 Å². The first-order valence-corrected chi connectivity index (χ1v) is 16.3. The molecule has 0 spiro atoms. The van der Waals surface area contributed by atoms with Crippen molar-refractivity contribution in [3.8, 4) is 0 Å². The van der Waals surface area contributed by atoms with Crippen molar-refractivity contribution >= 4 is 44.5 Å². The molecule has 4 aliphatic rings. The number of fused-ring (bicyclic) bond motifs is 4. The summed E-state index contributed by atoms with van der Waals surface area (Å²) in [5.41, 5.74) is 10.4. The van der Waals surface area contributed by atoms with Gasteiger partial charge in [0.25, 0.3) is 5.56 Å². The number of aliphatic hydroxyl groups is 3. The summed E-state index contributed by atoms with van der Waals surface area (Å²) in [4.78, 5) is 51.4. The number of H-pyrrole nitrogens is 1. The van der Waals surface area contributed by atoms with E-state index in [1.165, 1.54) is 4.57 Å². The molecule has 5 unspecified atom stereocenters. The van der Waals surface area contributed by atoms with Crippen LogP contribution in [0.1, 0.15) is 24.4 Å². The lowest BCUT2D eigenvalue weighted by Gasteiger charge is -2.27. The van der Waals surface area contributed by atoms with Crippen molar-refractivity contribution in [2.75, 3.05) is 24.3 Å². The normalized spacial score (nSPS) is 39.8. The van der Waals surface area contributed by atoms with Gasteiger partial charge in [-0.3, -0.25) is 37.0 Å². The molecular weight excluding hydrogens is 666 g/mol. The molecule has 46 heavy (non-hydrogen) atoms. The molecule has 3 saturated heterocycles. The first kappa shape index (κ1) is 31.3. The van der Waals surface area contributed by atoms with Crippen molar-refractivity contribution < 1.29 is 61.8 Å². The smallest absolute Gasteiger partial charge is 0.386 e. The summed E-state index contributed by atoms with van der Waals surface area (Å²) in [6.07, 6.45) is -12.1. The molecule has 7 rings (SSSR count). The Morgan fingerprint density at radius 1 is 0.891 bits per heavy atom. The highest BCUT2D eigenvalue weighted by Crippen LogP contribution is 2.54. The number of guanidine groups is 1. The van der Waals surface area contributed by atoms with Gasteiger partial charge < -0.3 is 51.4 Å². The van der Waals surface area contributed by atoms with Crippen LogP contribution in [-0.4, -0.2) is 110 Å². The zero-order chi connectivity index (χ0) is 32.7. The van der Waals surface area contributed by atoms with Crippen LogP contribution in [0.15, 0.2) is 22.4 Å². The van der Waals surface area contributed by atoms with Crippen LogP contribution in [0.4, 0.5) is 11.8 Å². The summed E-state index contributed by atoms with van der Waals surface area (Å²) in [5, 5.41) is 35.1. The van der Waals surface area contributed by atoms with Crippen LogP contribution < -0.4 is 22.3 Å². The first-order chi connectivity index (χ1) is 21.7. The number of phosphoric ester groups is 2. The highest BCUT2D eigenvalue weighted by molar-refractivity contribution is 7.47. The lowest BCUT2D eigenvalue weighted by molar-refractivity contribution is -0.0666. The average molecular weight is 692 g/mol. The van der Waals surface area contributed by atoms with Gasteiger partial charge in [-0.25, -0.2) is 24.1 Å². The number of nitrogens with two attached hydrogens (primary N) is 2. The molecule has 3 fully saturated rings. The molecule has 0 saturated carbocycles. The minimum atomic E-state index is -5.09. The van der Waals surface area contributed by atoms with Crippen molar-refractivity contribution in [2.24, 2.45) is 10.7 Å². The van der Waals surface area contributed by atoms with E-state index in [1.807, 2.05) is 0 Å². The van der Waals surface area contributed by atoms with Crippen LogP contribution in [0.25, 0.3) is 11.2 Å². The Hall–Kier alpha value is -3.35. The zero-order valence-electron chi connectivity index (χ0n) is 22.9. The number of nitrogens with one attached hydrogen (secondary N) is 2. The van der Waals surface area contributed by atoms with E-state index >= 15 is 0 Å². The third kappa shape index (κ3) is 5.41. The van der Waals surface area contributed by atoms with Crippen molar-refractivity contribution in [3.63, 3.8) is 0 Å². The summed E-state index contributed by atoms with van der Waals surface area (Å²) < 4.78 is 60.8. The van der Waals surface area contributed by atoms with E-state index in [9.17, 15) is 39.0 Å². The Kier molecular flexibility index (Phi) is 7.56. The van der Waals surface area contributed by atoms with E-state index in [1.54, 1.807) is 0 Å². The van der Waals surface area contributed by atoms with E-state index in [2.05, 4.69) is 30.2 Å². The van der Waals surface area contributed by atoms with Crippen LogP contribution in [0.2, 0.25) is 0 Å². The molecule has 0 radical (unpaired) electrons. The number of ether oxygens (including phenoxy) is 2. The molecule has 7 heterocycles. The van der Waals surface area contributed by atoms with Crippen molar-refractivity contribution in [1.29, 1.82) is 0 Å². The predicted molar refractivity (Wildman–Crippen MR) is 146 cm³/mol. The second kappa shape index (κ2) is 11.1. The highest BCUT2D eigenvalue weighted by atomic mass is 31.2. The van der Waals surface area contributed by atoms with Gasteiger partial charge in [-0.15, -0.1) is 0 Å². The fraction of sp³-hybridized carbons (Fsp3) is 0.550. The minimum absolute atomic E-state index is 0.0237. The van der Waals surface area contributed by atoms with Crippen LogP contribution in [0.5, 0.6) is 0 Å². The lowest BCUT2D eigenvalue weighted by atomic mass is 10.1. The number of hydrogen-bond acceptors (Lipinski definition) is 19. The van der Waals surface area contributed by atoms with Gasteiger partial charge in [0.05, 0.1) is 25.9 Å².